The Kier molecular flexibility index (Phi) is 6.35. The monoisotopic (exact) mass is 372 g/mol. The molecule has 0 aromatic rings. The molecule has 3 aliphatic rings. The molecule has 1 saturated carbocycles. The molecular formula is C17H32N4O3S. The predicted molar refractivity (Wildman–Crippen MR) is 97.8 cm³/mol. The Labute approximate surface area is 151 Å². The first-order valence-corrected chi connectivity index (χ1v) is 11.3. The zero-order chi connectivity index (χ0) is 17.9. The lowest BCUT2D eigenvalue weighted by molar-refractivity contribution is -0.127. The third kappa shape index (κ3) is 5.39. The minimum Gasteiger partial charge on any atom is -0.340 e. The lowest BCUT2D eigenvalue weighted by Crippen LogP contribution is -2.49. The summed E-state index contributed by atoms with van der Waals surface area (Å²) in [6.07, 6.45) is 4.81. The first-order chi connectivity index (χ1) is 11.9. The lowest BCUT2D eigenvalue weighted by Gasteiger charge is -2.32. The van der Waals surface area contributed by atoms with Crippen LogP contribution in [0.3, 0.4) is 0 Å². The molecule has 7 nitrogen and oxygen atoms in total. The number of rotatable bonds is 5. The lowest BCUT2D eigenvalue weighted by atomic mass is 9.88. The van der Waals surface area contributed by atoms with Gasteiger partial charge in [0.1, 0.15) is 5.75 Å². The number of amides is 1. The minimum absolute atomic E-state index is 0.00109. The molecule has 0 aromatic heterocycles. The summed E-state index contributed by atoms with van der Waals surface area (Å²) in [6, 6.07) is 0.378. The van der Waals surface area contributed by atoms with Crippen LogP contribution in [0.15, 0.2) is 0 Å². The number of carbonyl (C=O) groups is 1. The van der Waals surface area contributed by atoms with Gasteiger partial charge in [-0.3, -0.25) is 9.69 Å². The van der Waals surface area contributed by atoms with Gasteiger partial charge in [0.15, 0.2) is 0 Å². The van der Waals surface area contributed by atoms with Crippen molar-refractivity contribution in [3.8, 4) is 0 Å². The Morgan fingerprint density at radius 1 is 1.08 bits per heavy atom. The van der Waals surface area contributed by atoms with E-state index in [2.05, 4.69) is 21.9 Å². The number of nitrogens with one attached hydrogen (secondary N) is 2. The Balaban J connectivity index is 1.46. The van der Waals surface area contributed by atoms with Gasteiger partial charge in [-0.15, -0.1) is 0 Å². The second-order valence-corrected chi connectivity index (χ2v) is 9.66. The van der Waals surface area contributed by atoms with E-state index in [4.69, 9.17) is 0 Å². The van der Waals surface area contributed by atoms with Gasteiger partial charge in [0.25, 0.3) is 0 Å². The minimum atomic E-state index is -3.54. The summed E-state index contributed by atoms with van der Waals surface area (Å²) < 4.78 is 27.5. The molecule has 3 rings (SSSR count). The maximum absolute atomic E-state index is 12.5. The predicted octanol–water partition coefficient (Wildman–Crippen LogP) is -0.00940. The Morgan fingerprint density at radius 2 is 1.76 bits per heavy atom. The van der Waals surface area contributed by atoms with Crippen molar-refractivity contribution in [3.63, 3.8) is 0 Å². The Morgan fingerprint density at radius 3 is 2.44 bits per heavy atom. The fourth-order valence-corrected chi connectivity index (χ4v) is 5.58. The van der Waals surface area contributed by atoms with Gasteiger partial charge in [0.05, 0.1) is 0 Å². The van der Waals surface area contributed by atoms with Gasteiger partial charge in [-0.25, -0.2) is 13.1 Å². The molecule has 3 fully saturated rings. The third-order valence-corrected chi connectivity index (χ3v) is 7.18. The molecule has 1 atom stereocenters. The molecule has 0 bridgehead atoms. The van der Waals surface area contributed by atoms with E-state index >= 15 is 0 Å². The highest BCUT2D eigenvalue weighted by atomic mass is 32.2. The van der Waals surface area contributed by atoms with E-state index in [0.29, 0.717) is 25.0 Å². The number of piperazine rings is 1. The van der Waals surface area contributed by atoms with E-state index in [1.807, 2.05) is 0 Å². The van der Waals surface area contributed by atoms with Crippen LogP contribution in [0, 0.1) is 5.92 Å². The zero-order valence-corrected chi connectivity index (χ0v) is 16.1. The van der Waals surface area contributed by atoms with Crippen molar-refractivity contribution in [3.05, 3.63) is 0 Å². The molecule has 0 radical (unpaired) electrons. The van der Waals surface area contributed by atoms with Crippen molar-refractivity contribution in [1.82, 2.24) is 19.8 Å². The van der Waals surface area contributed by atoms with E-state index in [1.165, 1.54) is 0 Å². The van der Waals surface area contributed by atoms with Crippen molar-refractivity contribution in [2.45, 2.75) is 51.1 Å². The molecule has 0 spiro atoms. The van der Waals surface area contributed by atoms with E-state index in [-0.39, 0.29) is 11.9 Å². The average Bonchev–Trinajstić information content (AvgIpc) is 3.07. The van der Waals surface area contributed by atoms with Crippen LogP contribution in [0.2, 0.25) is 0 Å². The van der Waals surface area contributed by atoms with Crippen LogP contribution >= 0.6 is 0 Å². The van der Waals surface area contributed by atoms with Gasteiger partial charge >= 0.3 is 0 Å². The van der Waals surface area contributed by atoms with Crippen LogP contribution in [0.4, 0.5) is 0 Å². The fourth-order valence-electron chi connectivity index (χ4n) is 4.24. The first-order valence-electron chi connectivity index (χ1n) is 9.65. The van der Waals surface area contributed by atoms with Crippen molar-refractivity contribution in [2.75, 3.05) is 45.0 Å². The highest BCUT2D eigenvalue weighted by Gasteiger charge is 2.33. The van der Waals surface area contributed by atoms with E-state index in [9.17, 15) is 13.2 Å². The van der Waals surface area contributed by atoms with Gasteiger partial charge < -0.3 is 10.2 Å². The van der Waals surface area contributed by atoms with Crippen LogP contribution < -0.4 is 10.0 Å². The van der Waals surface area contributed by atoms with Crippen LogP contribution in [0.1, 0.15) is 39.0 Å². The van der Waals surface area contributed by atoms with Crippen molar-refractivity contribution >= 4 is 15.9 Å². The zero-order valence-electron chi connectivity index (χ0n) is 15.2. The molecule has 2 heterocycles. The molecule has 2 aliphatic heterocycles. The maximum Gasteiger partial charge on any atom is 0.239 e. The number of carbonyl (C=O) groups excluding carboxylic acids is 1. The van der Waals surface area contributed by atoms with E-state index in [1.54, 1.807) is 4.90 Å². The molecule has 1 unspecified atom stereocenters. The number of hydrogen-bond donors (Lipinski definition) is 2. The molecule has 25 heavy (non-hydrogen) atoms. The van der Waals surface area contributed by atoms with Crippen LogP contribution in [0.5, 0.6) is 0 Å². The molecule has 1 aliphatic carbocycles. The average molecular weight is 373 g/mol. The van der Waals surface area contributed by atoms with Crippen molar-refractivity contribution in [2.24, 2.45) is 5.92 Å². The molecule has 2 saturated heterocycles. The van der Waals surface area contributed by atoms with Gasteiger partial charge in [-0.2, -0.15) is 0 Å². The number of sulfonamides is 1. The number of likely N-dealkylation sites (tertiary alicyclic amines) is 1. The van der Waals surface area contributed by atoms with Crippen molar-refractivity contribution in [1.29, 1.82) is 0 Å². The third-order valence-electron chi connectivity index (χ3n) is 5.86. The summed E-state index contributed by atoms with van der Waals surface area (Å²) in [5.41, 5.74) is 0. The first kappa shape index (κ1) is 19.1. The summed E-state index contributed by atoms with van der Waals surface area (Å²) >= 11 is 0. The largest absolute Gasteiger partial charge is 0.340 e. The SMILES string of the molecule is CC1CCC(NS(=O)(=O)CC(=O)N2CCC(N3CCNCC3)C2)CC1. The molecular weight excluding hydrogens is 340 g/mol. The highest BCUT2D eigenvalue weighted by molar-refractivity contribution is 7.90. The molecule has 0 aromatic carbocycles. The number of hydrogen-bond acceptors (Lipinski definition) is 5. The van der Waals surface area contributed by atoms with E-state index < -0.39 is 15.8 Å². The quantitative estimate of drug-likeness (QED) is 0.709. The van der Waals surface area contributed by atoms with Gasteiger partial charge in [0.2, 0.25) is 15.9 Å². The second-order valence-electron chi connectivity index (χ2n) is 7.90. The second kappa shape index (κ2) is 8.33. The highest BCUT2D eigenvalue weighted by Crippen LogP contribution is 2.24. The van der Waals surface area contributed by atoms with Crippen molar-refractivity contribution < 1.29 is 13.2 Å². The van der Waals surface area contributed by atoms with Crippen LogP contribution in [-0.4, -0.2) is 81.2 Å². The van der Waals surface area contributed by atoms with Crippen LogP contribution in [-0.2, 0) is 14.8 Å². The fraction of sp³-hybridized carbons (Fsp3) is 0.941. The van der Waals surface area contributed by atoms with E-state index in [0.717, 1.165) is 58.3 Å². The summed E-state index contributed by atoms with van der Waals surface area (Å²) in [7, 11) is -3.54. The maximum atomic E-state index is 12.5. The Bertz CT molecular complexity index is 554. The standard InChI is InChI=1S/C17H32N4O3S/c1-14-2-4-15(5-3-14)19-25(23,24)13-17(22)21-9-6-16(12-21)20-10-7-18-8-11-20/h14-16,18-19H,2-13H2,1H3. The summed E-state index contributed by atoms with van der Waals surface area (Å²) in [6.45, 7) is 7.53. The number of nitrogens with zero attached hydrogens (tertiary/aromatic N) is 2. The van der Waals surface area contributed by atoms with Crippen LogP contribution in [0.25, 0.3) is 0 Å². The normalized spacial score (nSPS) is 32.0. The molecule has 144 valence electrons. The Hall–Kier alpha value is -0.700. The van der Waals surface area contributed by atoms with Gasteiger partial charge in [-0.1, -0.05) is 6.92 Å². The summed E-state index contributed by atoms with van der Waals surface area (Å²) in [5, 5.41) is 3.33. The molecule has 8 heteroatoms. The topological polar surface area (TPSA) is 81.8 Å². The molecule has 1 amide bonds. The summed E-state index contributed by atoms with van der Waals surface area (Å²) in [5.74, 6) is 0.0103. The van der Waals surface area contributed by atoms with Gasteiger partial charge in [0, 0.05) is 51.4 Å². The molecule has 2 N–H and O–H groups in total. The smallest absolute Gasteiger partial charge is 0.239 e. The van der Waals surface area contributed by atoms with Gasteiger partial charge in [-0.05, 0) is 38.0 Å². The summed E-state index contributed by atoms with van der Waals surface area (Å²) in [4.78, 5) is 16.6.